The Kier molecular flexibility index (Phi) is 5.79. The lowest BCUT2D eigenvalue weighted by Crippen LogP contribution is -2.34. The fourth-order valence-electron chi connectivity index (χ4n) is 1.64. The van der Waals surface area contributed by atoms with Crippen LogP contribution in [0.15, 0.2) is 18.2 Å². The molecule has 1 aromatic rings. The molecule has 19 heavy (non-hydrogen) atoms. The van der Waals surface area contributed by atoms with E-state index >= 15 is 0 Å². The van der Waals surface area contributed by atoms with Gasteiger partial charge < -0.3 is 21.1 Å². The number of nitrogens with one attached hydrogen (secondary N) is 1. The van der Waals surface area contributed by atoms with Crippen molar-refractivity contribution in [1.82, 2.24) is 4.90 Å². The zero-order chi connectivity index (χ0) is 14.4. The summed E-state index contributed by atoms with van der Waals surface area (Å²) in [6.07, 6.45) is 0.384. The Morgan fingerprint density at radius 1 is 1.53 bits per heavy atom. The van der Waals surface area contributed by atoms with Crippen LogP contribution in [0.2, 0.25) is 0 Å². The summed E-state index contributed by atoms with van der Waals surface area (Å²) in [4.78, 5) is 13.8. The smallest absolute Gasteiger partial charge is 0.225 e. The first kappa shape index (κ1) is 15.5. The highest BCUT2D eigenvalue weighted by molar-refractivity contribution is 5.92. The second-order valence-electron chi connectivity index (χ2n) is 4.83. The highest BCUT2D eigenvalue weighted by Crippen LogP contribution is 2.20. The fourth-order valence-corrected chi connectivity index (χ4v) is 1.64. The van der Waals surface area contributed by atoms with Crippen molar-refractivity contribution in [1.29, 1.82) is 0 Å². The topological polar surface area (TPSA) is 78.6 Å². The van der Waals surface area contributed by atoms with Crippen molar-refractivity contribution in [3.05, 3.63) is 23.8 Å². The maximum atomic E-state index is 11.9. The number of carbonyl (C=O) groups is 1. The third-order valence-corrected chi connectivity index (χ3v) is 3.36. The van der Waals surface area contributed by atoms with Gasteiger partial charge in [-0.2, -0.15) is 0 Å². The Hall–Kier alpha value is -1.59. The second kappa shape index (κ2) is 7.11. The molecule has 5 heteroatoms. The minimum absolute atomic E-state index is 0.0503. The molecule has 0 bridgehead atoms. The van der Waals surface area contributed by atoms with Gasteiger partial charge in [0.25, 0.3) is 0 Å². The van der Waals surface area contributed by atoms with Crippen LogP contribution in [0.4, 0.5) is 11.4 Å². The number of amides is 1. The van der Waals surface area contributed by atoms with Crippen LogP contribution < -0.4 is 11.1 Å². The van der Waals surface area contributed by atoms with Gasteiger partial charge in [0, 0.05) is 30.4 Å². The summed E-state index contributed by atoms with van der Waals surface area (Å²) in [5.41, 5.74) is 8.09. The summed E-state index contributed by atoms with van der Waals surface area (Å²) in [6.45, 7) is 4.49. The Morgan fingerprint density at radius 2 is 2.21 bits per heavy atom. The number of hydrogen-bond donors (Lipinski definition) is 3. The Bertz CT molecular complexity index is 435. The number of anilines is 2. The molecule has 0 aromatic heterocycles. The van der Waals surface area contributed by atoms with Crippen LogP contribution in [0.25, 0.3) is 0 Å². The zero-order valence-electron chi connectivity index (χ0n) is 11.8. The fraction of sp³-hybridized carbons (Fsp3) is 0.500. The van der Waals surface area contributed by atoms with E-state index in [9.17, 15) is 4.79 Å². The van der Waals surface area contributed by atoms with Crippen LogP contribution >= 0.6 is 0 Å². The number of likely N-dealkylation sites (N-methyl/N-ethyl adjacent to an activating group) is 1. The predicted octanol–water partition coefficient (Wildman–Crippen LogP) is 1.22. The van der Waals surface area contributed by atoms with Crippen LogP contribution in [0.1, 0.15) is 18.9 Å². The summed E-state index contributed by atoms with van der Waals surface area (Å²) >= 11 is 0. The number of rotatable bonds is 6. The number of aliphatic hydroxyl groups excluding tert-OH is 1. The molecule has 106 valence electrons. The van der Waals surface area contributed by atoms with Crippen molar-refractivity contribution < 1.29 is 9.90 Å². The van der Waals surface area contributed by atoms with Crippen molar-refractivity contribution in [2.45, 2.75) is 26.3 Å². The van der Waals surface area contributed by atoms with Crippen molar-refractivity contribution >= 4 is 17.3 Å². The summed E-state index contributed by atoms with van der Waals surface area (Å²) in [5, 5.41) is 11.9. The van der Waals surface area contributed by atoms with E-state index in [1.807, 2.05) is 44.0 Å². The number of benzene rings is 1. The largest absolute Gasteiger partial charge is 0.398 e. The van der Waals surface area contributed by atoms with Gasteiger partial charge in [0.05, 0.1) is 6.61 Å². The van der Waals surface area contributed by atoms with Crippen molar-refractivity contribution in [3.63, 3.8) is 0 Å². The molecule has 5 nitrogen and oxygen atoms in total. The molecule has 0 fully saturated rings. The predicted molar refractivity (Wildman–Crippen MR) is 78.0 cm³/mol. The Balaban J connectivity index is 2.50. The number of carbonyl (C=O) groups excluding carboxylic acids is 1. The quantitative estimate of drug-likeness (QED) is 0.676. The molecule has 4 N–H and O–H groups in total. The molecule has 0 spiro atoms. The Labute approximate surface area is 114 Å². The summed E-state index contributed by atoms with van der Waals surface area (Å²) in [7, 11) is 1.89. The molecule has 1 atom stereocenters. The lowest BCUT2D eigenvalue weighted by molar-refractivity contribution is -0.116. The average Bonchev–Trinajstić information content (AvgIpc) is 2.40. The van der Waals surface area contributed by atoms with Crippen molar-refractivity contribution in [2.24, 2.45) is 0 Å². The standard InChI is InChI=1S/C14H23N3O2/c1-10(9-18)17(3)8-7-14(19)16-13-6-4-5-12(15)11(13)2/h4-6,10,18H,7-9,15H2,1-3H3,(H,16,19). The van der Waals surface area contributed by atoms with E-state index in [4.69, 9.17) is 10.8 Å². The summed E-state index contributed by atoms with van der Waals surface area (Å²) < 4.78 is 0. The highest BCUT2D eigenvalue weighted by Gasteiger charge is 2.11. The lowest BCUT2D eigenvalue weighted by atomic mass is 10.1. The number of nitrogen functional groups attached to an aromatic ring is 1. The van der Waals surface area contributed by atoms with E-state index < -0.39 is 0 Å². The third-order valence-electron chi connectivity index (χ3n) is 3.36. The molecular weight excluding hydrogens is 242 g/mol. The van der Waals surface area contributed by atoms with E-state index in [1.54, 1.807) is 0 Å². The molecule has 0 heterocycles. The molecule has 1 aromatic carbocycles. The van der Waals surface area contributed by atoms with Gasteiger partial charge in [0.15, 0.2) is 0 Å². The van der Waals surface area contributed by atoms with E-state index in [0.717, 1.165) is 11.3 Å². The summed E-state index contributed by atoms with van der Waals surface area (Å²) in [5.74, 6) is -0.0503. The minimum atomic E-state index is -0.0503. The van der Waals surface area contributed by atoms with Gasteiger partial charge in [-0.3, -0.25) is 4.79 Å². The Morgan fingerprint density at radius 3 is 2.84 bits per heavy atom. The molecule has 1 rings (SSSR count). The molecule has 0 saturated carbocycles. The van der Waals surface area contributed by atoms with Crippen LogP contribution in [0.3, 0.4) is 0 Å². The van der Waals surface area contributed by atoms with E-state index in [2.05, 4.69) is 5.32 Å². The molecule has 1 unspecified atom stereocenters. The number of hydrogen-bond acceptors (Lipinski definition) is 4. The highest BCUT2D eigenvalue weighted by atomic mass is 16.3. The van der Waals surface area contributed by atoms with Gasteiger partial charge in [-0.15, -0.1) is 0 Å². The third kappa shape index (κ3) is 4.54. The molecular formula is C14H23N3O2. The second-order valence-corrected chi connectivity index (χ2v) is 4.83. The SMILES string of the molecule is Cc1c(N)cccc1NC(=O)CCN(C)C(C)CO. The summed E-state index contributed by atoms with van der Waals surface area (Å²) in [6, 6.07) is 5.52. The van der Waals surface area contributed by atoms with E-state index in [-0.39, 0.29) is 18.6 Å². The first-order valence-electron chi connectivity index (χ1n) is 6.41. The molecule has 0 aliphatic carbocycles. The number of nitrogens with zero attached hydrogens (tertiary/aromatic N) is 1. The maximum absolute atomic E-state index is 11.9. The van der Waals surface area contributed by atoms with E-state index in [0.29, 0.717) is 18.7 Å². The minimum Gasteiger partial charge on any atom is -0.398 e. The molecule has 0 aliphatic rings. The average molecular weight is 265 g/mol. The monoisotopic (exact) mass is 265 g/mol. The van der Waals surface area contributed by atoms with Crippen molar-refractivity contribution in [2.75, 3.05) is 31.2 Å². The van der Waals surface area contributed by atoms with Crippen LogP contribution in [-0.4, -0.2) is 42.2 Å². The van der Waals surface area contributed by atoms with Crippen LogP contribution in [-0.2, 0) is 4.79 Å². The van der Waals surface area contributed by atoms with Gasteiger partial charge in [-0.25, -0.2) is 0 Å². The zero-order valence-corrected chi connectivity index (χ0v) is 11.8. The first-order valence-corrected chi connectivity index (χ1v) is 6.41. The molecule has 0 saturated heterocycles. The normalized spacial score (nSPS) is 12.5. The van der Waals surface area contributed by atoms with Gasteiger partial charge in [-0.1, -0.05) is 6.07 Å². The van der Waals surface area contributed by atoms with Crippen LogP contribution in [0.5, 0.6) is 0 Å². The van der Waals surface area contributed by atoms with Gasteiger partial charge >= 0.3 is 0 Å². The molecule has 1 amide bonds. The van der Waals surface area contributed by atoms with Crippen molar-refractivity contribution in [3.8, 4) is 0 Å². The van der Waals surface area contributed by atoms with E-state index in [1.165, 1.54) is 0 Å². The molecule has 0 radical (unpaired) electrons. The maximum Gasteiger partial charge on any atom is 0.225 e. The van der Waals surface area contributed by atoms with Gasteiger partial charge in [0.1, 0.15) is 0 Å². The number of aliphatic hydroxyl groups is 1. The van der Waals surface area contributed by atoms with Crippen LogP contribution in [0, 0.1) is 6.92 Å². The number of nitrogens with two attached hydrogens (primary N) is 1. The first-order chi connectivity index (χ1) is 8.95. The lowest BCUT2D eigenvalue weighted by Gasteiger charge is -2.22. The molecule has 0 aliphatic heterocycles. The van der Waals surface area contributed by atoms with Gasteiger partial charge in [0.2, 0.25) is 5.91 Å². The van der Waals surface area contributed by atoms with Gasteiger partial charge in [-0.05, 0) is 38.6 Å².